The van der Waals surface area contributed by atoms with Gasteiger partial charge in [0.1, 0.15) is 5.75 Å². The average Bonchev–Trinajstić information content (AvgIpc) is 2.97. The number of amides is 4. The lowest BCUT2D eigenvalue weighted by Crippen LogP contribution is -2.42. The van der Waals surface area contributed by atoms with E-state index in [1.807, 2.05) is 30.3 Å². The molecule has 0 aromatic heterocycles. The topological polar surface area (TPSA) is 128 Å². The number of likely N-dealkylation sites (N-methyl/N-ethyl adjacent to an activating group) is 1. The first-order valence-corrected chi connectivity index (χ1v) is 13.8. The summed E-state index contributed by atoms with van der Waals surface area (Å²) in [7, 11) is 1.67. The molecule has 0 aliphatic rings. The molecular weight excluding hydrogens is 536 g/mol. The van der Waals surface area contributed by atoms with Gasteiger partial charge in [-0.25, -0.2) is 4.79 Å². The summed E-state index contributed by atoms with van der Waals surface area (Å²) in [5, 5.41) is 14.2. The van der Waals surface area contributed by atoms with Crippen LogP contribution in [-0.4, -0.2) is 55.7 Å². The number of carbonyl (C=O) groups is 4. The molecule has 222 valence electrons. The third kappa shape index (κ3) is 9.96. The fourth-order valence-electron chi connectivity index (χ4n) is 4.23. The van der Waals surface area contributed by atoms with Gasteiger partial charge in [-0.2, -0.15) is 0 Å². The molecule has 0 fully saturated rings. The van der Waals surface area contributed by atoms with Crippen LogP contribution in [0.1, 0.15) is 32.3 Å². The van der Waals surface area contributed by atoms with Crippen molar-refractivity contribution in [2.24, 2.45) is 5.92 Å². The van der Waals surface area contributed by atoms with Crippen LogP contribution in [0.25, 0.3) is 0 Å². The molecule has 3 rings (SSSR count). The fourth-order valence-corrected chi connectivity index (χ4v) is 4.23. The normalized spacial score (nSPS) is 10.6. The van der Waals surface area contributed by atoms with Gasteiger partial charge in [0.2, 0.25) is 5.91 Å². The standard InChI is InChI=1S/C32H38N4O6/c1-23(2)11-10-18-36(29(37)21-33-32(41)34-25-13-9-12-24(19-25)20-31(39)40)27-16-7-8-17-28(27)42-22-30(38)35(3)26-14-5-4-6-15-26/h4-9,12-17,19,23H,10-11,18,20-22H2,1-3H3,(H,39,40)(H2,33,34,41). The summed E-state index contributed by atoms with van der Waals surface area (Å²) in [5.41, 5.74) is 2.20. The number of para-hydroxylation sites is 3. The zero-order chi connectivity index (χ0) is 30.5. The number of nitrogens with one attached hydrogen (secondary N) is 2. The Morgan fingerprint density at radius 3 is 2.33 bits per heavy atom. The highest BCUT2D eigenvalue weighted by Crippen LogP contribution is 2.29. The van der Waals surface area contributed by atoms with Crippen molar-refractivity contribution in [3.05, 3.63) is 84.4 Å². The lowest BCUT2D eigenvalue weighted by atomic mass is 10.1. The van der Waals surface area contributed by atoms with E-state index >= 15 is 0 Å². The zero-order valence-corrected chi connectivity index (χ0v) is 24.2. The second-order valence-corrected chi connectivity index (χ2v) is 10.2. The number of hydrogen-bond donors (Lipinski definition) is 3. The van der Waals surface area contributed by atoms with Gasteiger partial charge in [0, 0.05) is 25.0 Å². The van der Waals surface area contributed by atoms with Gasteiger partial charge in [0.25, 0.3) is 5.91 Å². The molecule has 0 unspecified atom stereocenters. The molecule has 3 aromatic carbocycles. The highest BCUT2D eigenvalue weighted by molar-refractivity contribution is 5.99. The van der Waals surface area contributed by atoms with Gasteiger partial charge >= 0.3 is 12.0 Å². The van der Waals surface area contributed by atoms with Gasteiger partial charge in [-0.15, -0.1) is 0 Å². The molecule has 0 saturated heterocycles. The number of rotatable bonds is 14. The quantitative estimate of drug-likeness (QED) is 0.250. The number of benzene rings is 3. The van der Waals surface area contributed by atoms with E-state index in [4.69, 9.17) is 9.84 Å². The number of hydrogen-bond acceptors (Lipinski definition) is 5. The fraction of sp³-hybridized carbons (Fsp3) is 0.312. The molecule has 3 N–H and O–H groups in total. The number of carbonyl (C=O) groups excluding carboxylic acids is 3. The Hall–Kier alpha value is -4.86. The van der Waals surface area contributed by atoms with Crippen LogP contribution in [0.5, 0.6) is 5.75 Å². The van der Waals surface area contributed by atoms with Crippen molar-refractivity contribution >= 4 is 40.9 Å². The number of ether oxygens (including phenoxy) is 1. The minimum Gasteiger partial charge on any atom is -0.482 e. The molecule has 10 nitrogen and oxygen atoms in total. The van der Waals surface area contributed by atoms with Gasteiger partial charge in [-0.05, 0) is 60.7 Å². The van der Waals surface area contributed by atoms with Crippen LogP contribution in [-0.2, 0) is 20.8 Å². The molecule has 0 aliphatic heterocycles. The Balaban J connectivity index is 1.68. The summed E-state index contributed by atoms with van der Waals surface area (Å²) < 4.78 is 5.92. The molecule has 4 amide bonds. The monoisotopic (exact) mass is 574 g/mol. The second-order valence-electron chi connectivity index (χ2n) is 10.2. The summed E-state index contributed by atoms with van der Waals surface area (Å²) in [4.78, 5) is 52.9. The van der Waals surface area contributed by atoms with E-state index in [9.17, 15) is 19.2 Å². The summed E-state index contributed by atoms with van der Waals surface area (Å²) in [5.74, 6) is -0.751. The van der Waals surface area contributed by atoms with Crippen molar-refractivity contribution < 1.29 is 29.0 Å². The first-order chi connectivity index (χ1) is 20.1. The minimum atomic E-state index is -0.975. The Kier molecular flexibility index (Phi) is 11.9. The molecule has 0 bridgehead atoms. The van der Waals surface area contributed by atoms with Crippen molar-refractivity contribution in [1.29, 1.82) is 0 Å². The van der Waals surface area contributed by atoms with E-state index in [0.29, 0.717) is 35.2 Å². The van der Waals surface area contributed by atoms with Crippen molar-refractivity contribution in [2.45, 2.75) is 33.1 Å². The molecule has 42 heavy (non-hydrogen) atoms. The molecule has 10 heteroatoms. The Labute approximate surface area is 246 Å². The highest BCUT2D eigenvalue weighted by atomic mass is 16.5. The molecule has 0 aliphatic carbocycles. The SMILES string of the molecule is CC(C)CCCN(C(=O)CNC(=O)Nc1cccc(CC(=O)O)c1)c1ccccc1OCC(=O)N(C)c1ccccc1. The number of nitrogens with zero attached hydrogens (tertiary/aromatic N) is 2. The highest BCUT2D eigenvalue weighted by Gasteiger charge is 2.21. The van der Waals surface area contributed by atoms with Crippen molar-refractivity contribution in [3.63, 3.8) is 0 Å². The van der Waals surface area contributed by atoms with Crippen LogP contribution >= 0.6 is 0 Å². The van der Waals surface area contributed by atoms with Crippen molar-refractivity contribution in [1.82, 2.24) is 5.32 Å². The van der Waals surface area contributed by atoms with Crippen molar-refractivity contribution in [3.8, 4) is 5.75 Å². The van der Waals surface area contributed by atoms with E-state index in [2.05, 4.69) is 24.5 Å². The maximum Gasteiger partial charge on any atom is 0.319 e. The molecule has 0 radical (unpaired) electrons. The zero-order valence-electron chi connectivity index (χ0n) is 24.2. The number of carboxylic acids is 1. The summed E-state index contributed by atoms with van der Waals surface area (Å²) >= 11 is 0. The summed E-state index contributed by atoms with van der Waals surface area (Å²) in [6.45, 7) is 4.10. The van der Waals surface area contributed by atoms with E-state index < -0.39 is 12.0 Å². The maximum atomic E-state index is 13.4. The predicted octanol–water partition coefficient (Wildman–Crippen LogP) is 4.95. The van der Waals surface area contributed by atoms with E-state index in [-0.39, 0.29) is 31.4 Å². The van der Waals surface area contributed by atoms with Crippen LogP contribution in [0, 0.1) is 5.92 Å². The predicted molar refractivity (Wildman–Crippen MR) is 163 cm³/mol. The largest absolute Gasteiger partial charge is 0.482 e. The maximum absolute atomic E-state index is 13.4. The van der Waals surface area contributed by atoms with Crippen LogP contribution in [0.15, 0.2) is 78.9 Å². The number of urea groups is 1. The van der Waals surface area contributed by atoms with Gasteiger partial charge in [0.15, 0.2) is 6.61 Å². The Bertz CT molecular complexity index is 1360. The minimum absolute atomic E-state index is 0.170. The Morgan fingerprint density at radius 2 is 1.62 bits per heavy atom. The molecule has 0 atom stereocenters. The second kappa shape index (κ2) is 15.8. The van der Waals surface area contributed by atoms with Crippen LogP contribution in [0.2, 0.25) is 0 Å². The molecule has 0 heterocycles. The van der Waals surface area contributed by atoms with E-state index in [1.54, 1.807) is 60.5 Å². The molecule has 0 saturated carbocycles. The lowest BCUT2D eigenvalue weighted by molar-refractivity contribution is -0.136. The third-order valence-corrected chi connectivity index (χ3v) is 6.43. The summed E-state index contributed by atoms with van der Waals surface area (Å²) in [6, 6.07) is 22.1. The molecular formula is C32H38N4O6. The van der Waals surface area contributed by atoms with Crippen LogP contribution in [0.3, 0.4) is 0 Å². The lowest BCUT2D eigenvalue weighted by Gasteiger charge is -2.26. The first-order valence-electron chi connectivity index (χ1n) is 13.8. The summed E-state index contributed by atoms with van der Waals surface area (Å²) in [6.07, 6.45) is 1.46. The molecule has 0 spiro atoms. The van der Waals surface area contributed by atoms with Gasteiger partial charge in [-0.1, -0.05) is 56.3 Å². The smallest absolute Gasteiger partial charge is 0.319 e. The average molecular weight is 575 g/mol. The Morgan fingerprint density at radius 1 is 0.905 bits per heavy atom. The number of carboxylic acid groups (broad SMARTS) is 1. The van der Waals surface area contributed by atoms with Gasteiger partial charge < -0.3 is 30.3 Å². The van der Waals surface area contributed by atoms with E-state index in [1.165, 1.54) is 4.90 Å². The van der Waals surface area contributed by atoms with Crippen LogP contribution in [0.4, 0.5) is 21.9 Å². The van der Waals surface area contributed by atoms with Gasteiger partial charge in [0.05, 0.1) is 18.7 Å². The van der Waals surface area contributed by atoms with E-state index in [0.717, 1.165) is 18.5 Å². The van der Waals surface area contributed by atoms with Crippen molar-refractivity contribution in [2.75, 3.05) is 41.9 Å². The number of anilines is 3. The first kappa shape index (κ1) is 31.7. The third-order valence-electron chi connectivity index (χ3n) is 6.43. The number of aliphatic carboxylic acids is 1. The molecule has 3 aromatic rings. The van der Waals surface area contributed by atoms with Crippen LogP contribution < -0.4 is 25.2 Å². The van der Waals surface area contributed by atoms with Gasteiger partial charge in [-0.3, -0.25) is 14.4 Å².